The standard InChI is InChI=1S/C26H22N4O2/c1-29-15-27-21-10-9-18(13-23(21)29)25-26(31)30(19-4-3-5-20(14-19)32-2)24-12-17(16-6-7-16)8-11-22(24)28-25/h3-5,8-16H,6-7H2,1-2H3. The van der Waals surface area contributed by atoms with Gasteiger partial charge in [0.2, 0.25) is 0 Å². The summed E-state index contributed by atoms with van der Waals surface area (Å²) in [4.78, 5) is 23.1. The molecule has 0 unspecified atom stereocenters. The maximum Gasteiger partial charge on any atom is 0.282 e. The number of ether oxygens (including phenoxy) is 1. The SMILES string of the molecule is COc1cccc(-n2c(=O)c(-c3ccc4ncn(C)c4c3)nc3ccc(C4CC4)cc32)c1. The van der Waals surface area contributed by atoms with Crippen LogP contribution in [0.3, 0.4) is 0 Å². The van der Waals surface area contributed by atoms with Crippen LogP contribution in [0, 0.1) is 0 Å². The van der Waals surface area contributed by atoms with Gasteiger partial charge >= 0.3 is 0 Å². The van der Waals surface area contributed by atoms with E-state index in [1.165, 1.54) is 18.4 Å². The number of benzene rings is 3. The predicted octanol–water partition coefficient (Wildman–Crippen LogP) is 4.83. The van der Waals surface area contributed by atoms with Crippen molar-refractivity contribution in [1.82, 2.24) is 19.1 Å². The van der Waals surface area contributed by atoms with Crippen LogP contribution in [0.4, 0.5) is 0 Å². The lowest BCUT2D eigenvalue weighted by atomic mass is 10.1. The number of methoxy groups -OCH3 is 1. The molecule has 0 radical (unpaired) electrons. The molecule has 0 aliphatic heterocycles. The quantitative estimate of drug-likeness (QED) is 0.416. The third-order valence-electron chi connectivity index (χ3n) is 6.24. The zero-order chi connectivity index (χ0) is 21.8. The molecule has 6 rings (SSSR count). The molecule has 158 valence electrons. The molecular formula is C26H22N4O2. The Morgan fingerprint density at radius 2 is 1.81 bits per heavy atom. The molecule has 2 heterocycles. The van der Waals surface area contributed by atoms with E-state index in [1.807, 2.05) is 60.1 Å². The lowest BCUT2D eigenvalue weighted by Crippen LogP contribution is -2.22. The Morgan fingerprint density at radius 1 is 0.969 bits per heavy atom. The summed E-state index contributed by atoms with van der Waals surface area (Å²) in [6, 6.07) is 19.7. The van der Waals surface area contributed by atoms with Crippen molar-refractivity contribution < 1.29 is 4.74 Å². The first-order chi connectivity index (χ1) is 15.6. The van der Waals surface area contributed by atoms with Crippen LogP contribution in [0.25, 0.3) is 39.0 Å². The number of aromatic nitrogens is 4. The molecule has 1 fully saturated rings. The highest BCUT2D eigenvalue weighted by atomic mass is 16.5. The van der Waals surface area contributed by atoms with E-state index >= 15 is 0 Å². The van der Waals surface area contributed by atoms with E-state index < -0.39 is 0 Å². The second-order valence-corrected chi connectivity index (χ2v) is 8.38. The lowest BCUT2D eigenvalue weighted by molar-refractivity contribution is 0.414. The average Bonchev–Trinajstić information content (AvgIpc) is 3.61. The van der Waals surface area contributed by atoms with Crippen molar-refractivity contribution >= 4 is 22.1 Å². The highest BCUT2D eigenvalue weighted by molar-refractivity contribution is 5.84. The summed E-state index contributed by atoms with van der Waals surface area (Å²) in [5, 5.41) is 0. The number of nitrogens with zero attached hydrogens (tertiary/aromatic N) is 4. The molecule has 1 aliphatic rings. The molecule has 0 N–H and O–H groups in total. The van der Waals surface area contributed by atoms with Crippen molar-refractivity contribution in [2.75, 3.05) is 7.11 Å². The third-order valence-corrected chi connectivity index (χ3v) is 6.24. The first kappa shape index (κ1) is 18.8. The molecule has 0 amide bonds. The van der Waals surface area contributed by atoms with Gasteiger partial charge in [-0.25, -0.2) is 9.97 Å². The fraction of sp³-hybridized carbons (Fsp3) is 0.192. The Labute approximate surface area is 184 Å². The topological polar surface area (TPSA) is 61.9 Å². The molecule has 6 nitrogen and oxygen atoms in total. The van der Waals surface area contributed by atoms with Crippen molar-refractivity contribution in [3.8, 4) is 22.7 Å². The van der Waals surface area contributed by atoms with E-state index in [4.69, 9.17) is 9.72 Å². The van der Waals surface area contributed by atoms with Gasteiger partial charge in [0.05, 0.1) is 41.2 Å². The molecule has 0 saturated heterocycles. The minimum absolute atomic E-state index is 0.153. The van der Waals surface area contributed by atoms with Crippen molar-refractivity contribution in [1.29, 1.82) is 0 Å². The van der Waals surface area contributed by atoms with Crippen molar-refractivity contribution in [3.05, 3.63) is 82.9 Å². The fourth-order valence-electron chi connectivity index (χ4n) is 4.34. The van der Waals surface area contributed by atoms with Crippen molar-refractivity contribution in [2.45, 2.75) is 18.8 Å². The summed E-state index contributed by atoms with van der Waals surface area (Å²) in [7, 11) is 3.58. The van der Waals surface area contributed by atoms with Gasteiger partial charge in [-0.3, -0.25) is 9.36 Å². The zero-order valence-corrected chi connectivity index (χ0v) is 17.9. The van der Waals surface area contributed by atoms with Crippen LogP contribution in [-0.4, -0.2) is 26.2 Å². The minimum atomic E-state index is -0.153. The maximum absolute atomic E-state index is 13.9. The summed E-state index contributed by atoms with van der Waals surface area (Å²) in [5.41, 5.74) is 6.52. The van der Waals surface area contributed by atoms with E-state index in [9.17, 15) is 4.79 Å². The van der Waals surface area contributed by atoms with E-state index in [-0.39, 0.29) is 5.56 Å². The third kappa shape index (κ3) is 2.99. The van der Waals surface area contributed by atoms with Crippen molar-refractivity contribution in [3.63, 3.8) is 0 Å². The normalized spacial score (nSPS) is 13.7. The zero-order valence-electron chi connectivity index (χ0n) is 17.9. The molecule has 1 aliphatic carbocycles. The summed E-state index contributed by atoms with van der Waals surface area (Å²) in [6.07, 6.45) is 4.17. The lowest BCUT2D eigenvalue weighted by Gasteiger charge is -2.14. The predicted molar refractivity (Wildman–Crippen MR) is 126 cm³/mol. The van der Waals surface area contributed by atoms with Crippen LogP contribution in [0.2, 0.25) is 0 Å². The summed E-state index contributed by atoms with van der Waals surface area (Å²) in [5.74, 6) is 1.29. The van der Waals surface area contributed by atoms with Gasteiger partial charge in [-0.05, 0) is 60.7 Å². The van der Waals surface area contributed by atoms with Gasteiger partial charge in [0, 0.05) is 18.7 Å². The number of hydrogen-bond acceptors (Lipinski definition) is 4. The first-order valence-corrected chi connectivity index (χ1v) is 10.7. The van der Waals surface area contributed by atoms with Crippen LogP contribution in [0.5, 0.6) is 5.75 Å². The Morgan fingerprint density at radius 3 is 2.62 bits per heavy atom. The summed E-state index contributed by atoms with van der Waals surface area (Å²) < 4.78 is 9.14. The number of rotatable bonds is 4. The van der Waals surface area contributed by atoms with Gasteiger partial charge in [0.1, 0.15) is 11.4 Å². The van der Waals surface area contributed by atoms with Gasteiger partial charge in [-0.1, -0.05) is 18.2 Å². The van der Waals surface area contributed by atoms with E-state index in [1.54, 1.807) is 18.0 Å². The van der Waals surface area contributed by atoms with E-state index in [2.05, 4.69) is 17.1 Å². The van der Waals surface area contributed by atoms with E-state index in [0.717, 1.165) is 33.3 Å². The molecule has 3 aromatic carbocycles. The highest BCUT2D eigenvalue weighted by Crippen LogP contribution is 2.41. The van der Waals surface area contributed by atoms with Gasteiger partial charge in [0.25, 0.3) is 5.56 Å². The Kier molecular flexibility index (Phi) is 4.15. The van der Waals surface area contributed by atoms with Crippen LogP contribution >= 0.6 is 0 Å². The molecule has 0 spiro atoms. The number of hydrogen-bond donors (Lipinski definition) is 0. The van der Waals surface area contributed by atoms with Gasteiger partial charge < -0.3 is 9.30 Å². The average molecular weight is 422 g/mol. The molecule has 2 aromatic heterocycles. The maximum atomic E-state index is 13.9. The number of fused-ring (bicyclic) bond motifs is 2. The van der Waals surface area contributed by atoms with Crippen LogP contribution in [0.1, 0.15) is 24.3 Å². The number of aryl methyl sites for hydroxylation is 1. The first-order valence-electron chi connectivity index (χ1n) is 10.7. The summed E-state index contributed by atoms with van der Waals surface area (Å²) in [6.45, 7) is 0. The fourth-order valence-corrected chi connectivity index (χ4v) is 4.34. The van der Waals surface area contributed by atoms with Crippen LogP contribution < -0.4 is 10.3 Å². The Hall–Kier alpha value is -3.93. The van der Waals surface area contributed by atoms with Gasteiger partial charge in [-0.15, -0.1) is 0 Å². The minimum Gasteiger partial charge on any atom is -0.497 e. The van der Waals surface area contributed by atoms with Gasteiger partial charge in [-0.2, -0.15) is 0 Å². The van der Waals surface area contributed by atoms with Crippen LogP contribution in [-0.2, 0) is 7.05 Å². The van der Waals surface area contributed by atoms with Crippen LogP contribution in [0.15, 0.2) is 71.8 Å². The smallest absolute Gasteiger partial charge is 0.282 e. The van der Waals surface area contributed by atoms with Gasteiger partial charge in [0.15, 0.2) is 0 Å². The molecule has 6 heteroatoms. The molecular weight excluding hydrogens is 400 g/mol. The van der Waals surface area contributed by atoms with E-state index in [0.29, 0.717) is 17.4 Å². The largest absolute Gasteiger partial charge is 0.497 e. The number of imidazole rings is 1. The summed E-state index contributed by atoms with van der Waals surface area (Å²) >= 11 is 0. The second kappa shape index (κ2) is 7.05. The molecule has 32 heavy (non-hydrogen) atoms. The Bertz CT molecular complexity index is 1560. The monoisotopic (exact) mass is 422 g/mol. The Balaban J connectivity index is 1.66. The molecule has 0 bridgehead atoms. The highest BCUT2D eigenvalue weighted by Gasteiger charge is 2.25. The molecule has 0 atom stereocenters. The molecule has 1 saturated carbocycles. The van der Waals surface area contributed by atoms with Crippen molar-refractivity contribution in [2.24, 2.45) is 7.05 Å². The second-order valence-electron chi connectivity index (χ2n) is 8.38. The molecule has 5 aromatic rings.